The predicted octanol–water partition coefficient (Wildman–Crippen LogP) is 2.61. The van der Waals surface area contributed by atoms with Crippen molar-refractivity contribution in [3.8, 4) is 0 Å². The fourth-order valence-electron chi connectivity index (χ4n) is 2.89. The number of aromatic nitrogens is 2. The maximum absolute atomic E-state index is 13.6. The van der Waals surface area contributed by atoms with E-state index in [4.69, 9.17) is 11.6 Å². The van der Waals surface area contributed by atoms with Crippen molar-refractivity contribution in [1.29, 1.82) is 0 Å². The lowest BCUT2D eigenvalue weighted by Gasteiger charge is -2.20. The molecule has 1 saturated carbocycles. The quantitative estimate of drug-likeness (QED) is 0.726. The molecule has 2 atom stereocenters. The van der Waals surface area contributed by atoms with Crippen LogP contribution in [-0.2, 0) is 0 Å². The van der Waals surface area contributed by atoms with E-state index < -0.39 is 11.8 Å². The standard InChI is InChI=1S/C11H12ClF2N3/c12-9-3-10(16-6-15-9)17-4-7-1-2-11(13,14)8(7)5-17/h3,6-8H,1-2,4-5H2/t7-,8+/m1/s1. The number of anilines is 1. The summed E-state index contributed by atoms with van der Waals surface area (Å²) in [5.41, 5.74) is 0. The monoisotopic (exact) mass is 259 g/mol. The van der Waals surface area contributed by atoms with Crippen LogP contribution in [-0.4, -0.2) is 29.0 Å². The van der Waals surface area contributed by atoms with Gasteiger partial charge in [0.2, 0.25) is 0 Å². The molecule has 0 amide bonds. The van der Waals surface area contributed by atoms with Crippen molar-refractivity contribution < 1.29 is 8.78 Å². The Labute approximate surface area is 103 Å². The lowest BCUT2D eigenvalue weighted by Crippen LogP contribution is -2.29. The maximum atomic E-state index is 13.6. The van der Waals surface area contributed by atoms with E-state index in [9.17, 15) is 8.78 Å². The third-order valence-corrected chi connectivity index (χ3v) is 3.98. The van der Waals surface area contributed by atoms with Gasteiger partial charge in [0, 0.05) is 31.5 Å². The molecule has 92 valence electrons. The fraction of sp³-hybridized carbons (Fsp3) is 0.636. The average molecular weight is 260 g/mol. The summed E-state index contributed by atoms with van der Waals surface area (Å²) in [6.07, 6.45) is 2.00. The smallest absolute Gasteiger partial charge is 0.252 e. The van der Waals surface area contributed by atoms with E-state index in [1.165, 1.54) is 6.33 Å². The Morgan fingerprint density at radius 2 is 2.18 bits per heavy atom. The fourth-order valence-corrected chi connectivity index (χ4v) is 3.03. The highest BCUT2D eigenvalue weighted by Crippen LogP contribution is 2.48. The summed E-state index contributed by atoms with van der Waals surface area (Å²) in [7, 11) is 0. The minimum atomic E-state index is -2.52. The minimum absolute atomic E-state index is 0.0285. The highest BCUT2D eigenvalue weighted by molar-refractivity contribution is 6.29. The number of alkyl halides is 2. The van der Waals surface area contributed by atoms with E-state index in [-0.39, 0.29) is 12.3 Å². The van der Waals surface area contributed by atoms with Crippen LogP contribution in [0, 0.1) is 11.8 Å². The second-order valence-electron chi connectivity index (χ2n) is 4.77. The molecule has 0 unspecified atom stereocenters. The normalized spacial score (nSPS) is 30.6. The molecule has 1 aliphatic heterocycles. The summed E-state index contributed by atoms with van der Waals surface area (Å²) in [5, 5.41) is 0.346. The van der Waals surface area contributed by atoms with Gasteiger partial charge < -0.3 is 4.90 Å². The van der Waals surface area contributed by atoms with Gasteiger partial charge in [0.15, 0.2) is 0 Å². The summed E-state index contributed by atoms with van der Waals surface area (Å²) < 4.78 is 27.2. The number of hydrogen-bond donors (Lipinski definition) is 0. The Kier molecular flexibility index (Phi) is 2.47. The molecule has 17 heavy (non-hydrogen) atoms. The van der Waals surface area contributed by atoms with Gasteiger partial charge in [0.1, 0.15) is 17.3 Å². The molecular weight excluding hydrogens is 248 g/mol. The van der Waals surface area contributed by atoms with Gasteiger partial charge in [-0.3, -0.25) is 0 Å². The number of rotatable bonds is 1. The van der Waals surface area contributed by atoms with E-state index in [0.29, 0.717) is 30.5 Å². The van der Waals surface area contributed by atoms with E-state index >= 15 is 0 Å². The zero-order chi connectivity index (χ0) is 12.0. The first-order valence-electron chi connectivity index (χ1n) is 5.66. The summed E-state index contributed by atoms with van der Waals surface area (Å²) in [5.74, 6) is -2.32. The summed E-state index contributed by atoms with van der Waals surface area (Å²) in [6.45, 7) is 1.01. The molecule has 0 bridgehead atoms. The van der Waals surface area contributed by atoms with Crippen LogP contribution in [0.15, 0.2) is 12.4 Å². The van der Waals surface area contributed by atoms with Crippen molar-refractivity contribution in [3.63, 3.8) is 0 Å². The van der Waals surface area contributed by atoms with Crippen molar-refractivity contribution in [1.82, 2.24) is 9.97 Å². The zero-order valence-electron chi connectivity index (χ0n) is 9.11. The lowest BCUT2D eigenvalue weighted by atomic mass is 9.99. The molecule has 1 aromatic heterocycles. The Hall–Kier alpha value is -0.970. The molecule has 1 aliphatic carbocycles. The Morgan fingerprint density at radius 3 is 2.88 bits per heavy atom. The molecule has 0 spiro atoms. The topological polar surface area (TPSA) is 29.0 Å². The van der Waals surface area contributed by atoms with Gasteiger partial charge in [-0.05, 0) is 12.3 Å². The van der Waals surface area contributed by atoms with Crippen LogP contribution in [0.5, 0.6) is 0 Å². The van der Waals surface area contributed by atoms with Crippen molar-refractivity contribution in [2.75, 3.05) is 18.0 Å². The maximum Gasteiger partial charge on any atom is 0.252 e. The molecule has 0 N–H and O–H groups in total. The second-order valence-corrected chi connectivity index (χ2v) is 5.16. The van der Waals surface area contributed by atoms with E-state index in [0.717, 1.165) is 0 Å². The molecule has 0 radical (unpaired) electrons. The summed E-state index contributed by atoms with van der Waals surface area (Å²) in [4.78, 5) is 9.76. The van der Waals surface area contributed by atoms with Crippen LogP contribution in [0.25, 0.3) is 0 Å². The Morgan fingerprint density at radius 1 is 1.35 bits per heavy atom. The third kappa shape index (κ3) is 1.86. The highest BCUT2D eigenvalue weighted by atomic mass is 35.5. The van der Waals surface area contributed by atoms with Gasteiger partial charge in [-0.25, -0.2) is 18.7 Å². The molecule has 3 nitrogen and oxygen atoms in total. The molecule has 2 heterocycles. The van der Waals surface area contributed by atoms with Crippen LogP contribution in [0.2, 0.25) is 5.15 Å². The minimum Gasteiger partial charge on any atom is -0.356 e. The van der Waals surface area contributed by atoms with Crippen molar-refractivity contribution in [3.05, 3.63) is 17.5 Å². The van der Waals surface area contributed by atoms with Gasteiger partial charge in [-0.1, -0.05) is 11.6 Å². The molecule has 1 saturated heterocycles. The largest absolute Gasteiger partial charge is 0.356 e. The summed E-state index contributed by atoms with van der Waals surface area (Å²) >= 11 is 5.77. The van der Waals surface area contributed by atoms with Gasteiger partial charge in [-0.2, -0.15) is 0 Å². The average Bonchev–Trinajstić information content (AvgIpc) is 2.81. The van der Waals surface area contributed by atoms with Gasteiger partial charge in [-0.15, -0.1) is 0 Å². The lowest BCUT2D eigenvalue weighted by molar-refractivity contribution is -0.0351. The molecule has 2 aliphatic rings. The van der Waals surface area contributed by atoms with Crippen LogP contribution in [0.3, 0.4) is 0 Å². The van der Waals surface area contributed by atoms with Crippen LogP contribution in [0.1, 0.15) is 12.8 Å². The van der Waals surface area contributed by atoms with Crippen molar-refractivity contribution in [2.45, 2.75) is 18.8 Å². The van der Waals surface area contributed by atoms with Crippen LogP contribution < -0.4 is 4.90 Å². The SMILES string of the molecule is FC1(F)CC[C@@H]2CN(c3cc(Cl)ncn3)C[C@@H]21. The van der Waals surface area contributed by atoms with E-state index in [1.54, 1.807) is 6.07 Å². The number of nitrogens with zero attached hydrogens (tertiary/aromatic N) is 3. The van der Waals surface area contributed by atoms with Crippen LogP contribution >= 0.6 is 11.6 Å². The number of halogens is 3. The van der Waals surface area contributed by atoms with Gasteiger partial charge in [0.05, 0.1) is 0 Å². The first-order chi connectivity index (χ1) is 8.06. The van der Waals surface area contributed by atoms with Crippen LogP contribution in [0.4, 0.5) is 14.6 Å². The molecule has 3 rings (SSSR count). The van der Waals surface area contributed by atoms with E-state index in [1.807, 2.05) is 4.90 Å². The first kappa shape index (κ1) is 11.1. The second kappa shape index (κ2) is 3.77. The molecule has 1 aromatic rings. The number of fused-ring (bicyclic) bond motifs is 1. The molecule has 2 fully saturated rings. The third-order valence-electron chi connectivity index (χ3n) is 3.78. The van der Waals surface area contributed by atoms with E-state index in [2.05, 4.69) is 9.97 Å². The summed E-state index contributed by atoms with van der Waals surface area (Å²) in [6, 6.07) is 1.63. The Bertz CT molecular complexity index is 440. The van der Waals surface area contributed by atoms with Crippen molar-refractivity contribution >= 4 is 17.4 Å². The van der Waals surface area contributed by atoms with Gasteiger partial charge in [0.25, 0.3) is 5.92 Å². The molecular formula is C11H12ClF2N3. The zero-order valence-corrected chi connectivity index (χ0v) is 9.87. The first-order valence-corrected chi connectivity index (χ1v) is 6.04. The molecule has 0 aromatic carbocycles. The van der Waals surface area contributed by atoms with Crippen molar-refractivity contribution in [2.24, 2.45) is 11.8 Å². The van der Waals surface area contributed by atoms with Gasteiger partial charge >= 0.3 is 0 Å². The highest BCUT2D eigenvalue weighted by Gasteiger charge is 2.54. The predicted molar refractivity (Wildman–Crippen MR) is 60.4 cm³/mol. The molecule has 6 heteroatoms. The Balaban J connectivity index is 1.81. The number of hydrogen-bond acceptors (Lipinski definition) is 3.